The Morgan fingerprint density at radius 2 is 1.97 bits per heavy atom. The number of allylic oxidation sites excluding steroid dienone is 3. The Morgan fingerprint density at radius 1 is 1.13 bits per heavy atom. The van der Waals surface area contributed by atoms with E-state index in [1.807, 2.05) is 12.1 Å². The van der Waals surface area contributed by atoms with E-state index in [2.05, 4.69) is 43.8 Å². The normalized spacial score (nSPS) is 23.6. The number of hydrogen-bond donors (Lipinski definition) is 2. The molecule has 0 amide bonds. The first-order chi connectivity index (χ1) is 15.2. The van der Waals surface area contributed by atoms with Crippen LogP contribution in [0.25, 0.3) is 0 Å². The molecule has 0 radical (unpaired) electrons. The minimum atomic E-state index is 0.195. The Balaban J connectivity index is 1.05. The second-order valence-corrected chi connectivity index (χ2v) is 8.85. The van der Waals surface area contributed by atoms with E-state index in [0.717, 1.165) is 69.2 Å². The van der Waals surface area contributed by atoms with Gasteiger partial charge in [-0.1, -0.05) is 23.8 Å². The number of halogens is 1. The first-order valence-electron chi connectivity index (χ1n) is 11.2. The van der Waals surface area contributed by atoms with Gasteiger partial charge in [-0.25, -0.2) is 0 Å². The summed E-state index contributed by atoms with van der Waals surface area (Å²) in [6.45, 7) is 6.25. The average molecular weight is 444 g/mol. The van der Waals surface area contributed by atoms with E-state index in [-0.39, 0.29) is 6.17 Å². The molecule has 0 aromatic carbocycles. The zero-order chi connectivity index (χ0) is 21.0. The third kappa shape index (κ3) is 5.00. The van der Waals surface area contributed by atoms with E-state index >= 15 is 0 Å². The van der Waals surface area contributed by atoms with Crippen molar-refractivity contribution < 1.29 is 9.47 Å². The van der Waals surface area contributed by atoms with Crippen molar-refractivity contribution in [2.45, 2.75) is 38.0 Å². The topological polar surface area (TPSA) is 61.9 Å². The first-order valence-corrected chi connectivity index (χ1v) is 11.6. The molecule has 31 heavy (non-hydrogen) atoms. The smallest absolute Gasteiger partial charge is 0.179 e. The second-order valence-electron chi connectivity index (χ2n) is 8.45. The van der Waals surface area contributed by atoms with Gasteiger partial charge in [-0.05, 0) is 50.2 Å². The van der Waals surface area contributed by atoms with Crippen molar-refractivity contribution in [2.75, 3.05) is 39.4 Å². The highest BCUT2D eigenvalue weighted by atomic mass is 35.5. The van der Waals surface area contributed by atoms with Gasteiger partial charge in [-0.15, -0.1) is 0 Å². The van der Waals surface area contributed by atoms with Crippen LogP contribution in [0.1, 0.15) is 25.0 Å². The number of nitrogens with one attached hydrogen (secondary N) is 2. The Bertz CT molecular complexity index is 879. The number of fused-ring (bicyclic) bond motifs is 2. The number of piperidine rings is 1. The van der Waals surface area contributed by atoms with Crippen molar-refractivity contribution in [3.05, 3.63) is 53.1 Å². The third-order valence-electron chi connectivity index (χ3n) is 6.37. The van der Waals surface area contributed by atoms with Gasteiger partial charge in [-0.2, -0.15) is 0 Å². The quantitative estimate of drug-likeness (QED) is 0.655. The van der Waals surface area contributed by atoms with E-state index in [1.54, 1.807) is 6.20 Å². The molecule has 0 aliphatic carbocycles. The molecule has 8 heteroatoms. The largest absolute Gasteiger partial charge is 0.486 e. The standard InChI is InChI=1S/C23H30ClN5O2/c24-22-4-3-17-2-1-7-29(23(17)27-22)11-10-28-8-5-18(6-9-28)25-15-19-14-20-21(16-26-19)31-13-12-30-20/h1,3-4,7,14,16,18,23,25,27H,2,5-6,8-13,15H2. The monoisotopic (exact) mass is 443 g/mol. The SMILES string of the molecule is ClC1=CC=C2CC=CN(CCN3CCC(NCc4cc5c(cn4)OCCO5)CC3)C2N1. The molecule has 0 bridgehead atoms. The van der Waals surface area contributed by atoms with Gasteiger partial charge in [0.25, 0.3) is 0 Å². The number of hydrogen-bond acceptors (Lipinski definition) is 7. The van der Waals surface area contributed by atoms with E-state index in [0.29, 0.717) is 24.4 Å². The van der Waals surface area contributed by atoms with Crippen LogP contribution in [0.3, 0.4) is 0 Å². The predicted molar refractivity (Wildman–Crippen MR) is 121 cm³/mol. The molecule has 5 heterocycles. The predicted octanol–water partition coefficient (Wildman–Crippen LogP) is 2.56. The molecule has 0 spiro atoms. The maximum atomic E-state index is 6.20. The van der Waals surface area contributed by atoms with Crippen LogP contribution >= 0.6 is 11.6 Å². The molecular formula is C23H30ClN5O2. The van der Waals surface area contributed by atoms with Gasteiger partial charge in [0.2, 0.25) is 0 Å². The summed E-state index contributed by atoms with van der Waals surface area (Å²) in [5.74, 6) is 1.55. The lowest BCUT2D eigenvalue weighted by Gasteiger charge is -2.39. The lowest BCUT2D eigenvalue weighted by molar-refractivity contribution is 0.165. The second kappa shape index (κ2) is 9.51. The van der Waals surface area contributed by atoms with E-state index < -0.39 is 0 Å². The molecule has 7 nitrogen and oxygen atoms in total. The zero-order valence-corrected chi connectivity index (χ0v) is 18.5. The van der Waals surface area contributed by atoms with Crippen molar-refractivity contribution in [3.8, 4) is 11.5 Å². The third-order valence-corrected chi connectivity index (χ3v) is 6.61. The summed E-state index contributed by atoms with van der Waals surface area (Å²) >= 11 is 6.20. The Hall–Kier alpha value is -2.22. The minimum Gasteiger partial charge on any atom is -0.486 e. The number of aromatic nitrogens is 1. The van der Waals surface area contributed by atoms with Gasteiger partial charge in [-0.3, -0.25) is 4.98 Å². The summed E-state index contributed by atoms with van der Waals surface area (Å²) < 4.78 is 11.2. The van der Waals surface area contributed by atoms with E-state index in [9.17, 15) is 0 Å². The molecule has 1 saturated heterocycles. The highest BCUT2D eigenvalue weighted by Gasteiger charge is 2.26. The number of dihydropyridines is 1. The number of ether oxygens (including phenoxy) is 2. The molecule has 1 unspecified atom stereocenters. The molecular weight excluding hydrogens is 414 g/mol. The van der Waals surface area contributed by atoms with Gasteiger partial charge in [0.1, 0.15) is 24.5 Å². The lowest BCUT2D eigenvalue weighted by atomic mass is 10.0. The van der Waals surface area contributed by atoms with Crippen LogP contribution in [0.4, 0.5) is 0 Å². The lowest BCUT2D eigenvalue weighted by Crippen LogP contribution is -2.49. The Labute approximate surface area is 188 Å². The fourth-order valence-corrected chi connectivity index (χ4v) is 4.75. The van der Waals surface area contributed by atoms with Gasteiger partial charge >= 0.3 is 0 Å². The maximum Gasteiger partial charge on any atom is 0.179 e. The van der Waals surface area contributed by atoms with Gasteiger partial charge in [0.05, 0.1) is 11.9 Å². The number of nitrogens with zero attached hydrogens (tertiary/aromatic N) is 3. The van der Waals surface area contributed by atoms with Crippen LogP contribution in [0.15, 0.2) is 47.4 Å². The highest BCUT2D eigenvalue weighted by Crippen LogP contribution is 2.29. The summed E-state index contributed by atoms with van der Waals surface area (Å²) in [7, 11) is 0. The minimum absolute atomic E-state index is 0.195. The number of pyridine rings is 1. The molecule has 1 aromatic rings. The molecule has 2 N–H and O–H groups in total. The van der Waals surface area contributed by atoms with Crippen molar-refractivity contribution in [2.24, 2.45) is 0 Å². The maximum absolute atomic E-state index is 6.20. The number of rotatable bonds is 6. The van der Waals surface area contributed by atoms with Crippen molar-refractivity contribution in [3.63, 3.8) is 0 Å². The summed E-state index contributed by atoms with van der Waals surface area (Å²) in [5.41, 5.74) is 2.38. The van der Waals surface area contributed by atoms with Crippen LogP contribution < -0.4 is 20.1 Å². The van der Waals surface area contributed by atoms with Crippen molar-refractivity contribution in [1.29, 1.82) is 0 Å². The van der Waals surface area contributed by atoms with Crippen LogP contribution in [0.2, 0.25) is 0 Å². The first kappa shape index (κ1) is 20.7. The molecule has 1 fully saturated rings. The van der Waals surface area contributed by atoms with Gasteiger partial charge in [0.15, 0.2) is 11.5 Å². The Morgan fingerprint density at radius 3 is 2.84 bits per heavy atom. The molecule has 4 aliphatic heterocycles. The summed E-state index contributed by atoms with van der Waals surface area (Å²) in [5, 5.41) is 7.78. The van der Waals surface area contributed by atoms with Crippen LogP contribution in [0.5, 0.6) is 11.5 Å². The molecule has 1 aromatic heterocycles. The van der Waals surface area contributed by atoms with E-state index in [1.165, 1.54) is 5.57 Å². The van der Waals surface area contributed by atoms with Crippen LogP contribution in [0, 0.1) is 0 Å². The molecule has 5 rings (SSSR count). The molecule has 166 valence electrons. The summed E-state index contributed by atoms with van der Waals surface area (Å²) in [6, 6.07) is 2.52. The fraction of sp³-hybridized carbons (Fsp3) is 0.522. The van der Waals surface area contributed by atoms with Crippen LogP contribution in [-0.2, 0) is 6.54 Å². The molecule has 4 aliphatic rings. The Kier molecular flexibility index (Phi) is 6.34. The summed E-state index contributed by atoms with van der Waals surface area (Å²) in [4.78, 5) is 9.42. The van der Waals surface area contributed by atoms with Gasteiger partial charge in [0, 0.05) is 31.7 Å². The molecule has 0 saturated carbocycles. The van der Waals surface area contributed by atoms with Crippen LogP contribution in [-0.4, -0.2) is 66.4 Å². The average Bonchev–Trinajstić information content (AvgIpc) is 2.82. The van der Waals surface area contributed by atoms with E-state index in [4.69, 9.17) is 21.1 Å². The number of likely N-dealkylation sites (tertiary alicyclic amines) is 1. The van der Waals surface area contributed by atoms with Crippen molar-refractivity contribution >= 4 is 11.6 Å². The highest BCUT2D eigenvalue weighted by molar-refractivity contribution is 6.29. The fourth-order valence-electron chi connectivity index (χ4n) is 4.58. The van der Waals surface area contributed by atoms with Gasteiger partial charge < -0.3 is 29.9 Å². The molecule has 1 atom stereocenters. The summed E-state index contributed by atoms with van der Waals surface area (Å²) in [6.07, 6.45) is 13.8. The van der Waals surface area contributed by atoms with Crippen molar-refractivity contribution in [1.82, 2.24) is 25.4 Å². The zero-order valence-electron chi connectivity index (χ0n) is 17.7.